The van der Waals surface area contributed by atoms with Gasteiger partial charge in [0.05, 0.1) is 29.9 Å². The van der Waals surface area contributed by atoms with Crippen molar-refractivity contribution in [1.29, 1.82) is 0 Å². The molecule has 4 N–H and O–H groups in total. The number of ether oxygens (including phenoxy) is 2. The van der Waals surface area contributed by atoms with E-state index in [4.69, 9.17) is 14.6 Å². The minimum atomic E-state index is -1.79. The van der Waals surface area contributed by atoms with Gasteiger partial charge in [0.25, 0.3) is 0 Å². The highest BCUT2D eigenvalue weighted by Crippen LogP contribution is 2.80. The van der Waals surface area contributed by atoms with Crippen molar-refractivity contribution >= 4 is 35.4 Å². The van der Waals surface area contributed by atoms with E-state index in [-0.39, 0.29) is 134 Å². The Balaban J connectivity index is 0.661. The monoisotopic (exact) mass is 1520 g/mol. The first-order chi connectivity index (χ1) is 51.2. The van der Waals surface area contributed by atoms with Crippen molar-refractivity contribution in [1.82, 2.24) is 34.5 Å². The lowest BCUT2D eigenvalue weighted by molar-refractivity contribution is -0.235. The van der Waals surface area contributed by atoms with E-state index in [0.29, 0.717) is 60.3 Å². The lowest BCUT2D eigenvalue weighted by Crippen LogP contribution is -2.66. The van der Waals surface area contributed by atoms with Crippen LogP contribution in [0.25, 0.3) is 22.9 Å². The number of aromatic nitrogens is 7. The van der Waals surface area contributed by atoms with Gasteiger partial charge in [-0.15, -0.1) is 20.4 Å². The number of fused-ring (bicyclic) bond motifs is 14. The van der Waals surface area contributed by atoms with Gasteiger partial charge in [-0.1, -0.05) is 96.9 Å². The van der Waals surface area contributed by atoms with Crippen LogP contribution in [0.1, 0.15) is 276 Å². The van der Waals surface area contributed by atoms with Gasteiger partial charge in [0.15, 0.2) is 34.9 Å². The van der Waals surface area contributed by atoms with Crippen molar-refractivity contribution < 1.29 is 67.4 Å². The highest BCUT2D eigenvalue weighted by Gasteiger charge is 2.74. The van der Waals surface area contributed by atoms with Crippen molar-refractivity contribution in [2.24, 2.45) is 126 Å². The van der Waals surface area contributed by atoms with E-state index >= 15 is 4.39 Å². The quantitative estimate of drug-likeness (QED) is 0.0674. The SMILES string of the molecule is CC(C)C1=C2[C@H]3CC[C@@H]4[C@@]5(C)CC[C@H](OC(=O)CC(C)(C)C(=O)O)C(C)(C)[C@@H]5CC[C@@]4(C)[C@]3(C)CC[C@@]2(C(O)c2nnc(-c3ccc(F)c(CC(C)(CC(=O)O[C@H]4CC[C@]5(C)[C@H]6CC[C@@H]7C8=C(C(C)C)C(=O)C[C@]8([C@@H](O)c8nnc(-c9ccc(F)cn9)n8C)CC[C@@]7(C)[C@]6(C)CC[C@H]5C4(C)C)C(=O)O)c3)n2C)CC1=O. The number of aliphatic hydroxyl groups excluding tert-OH is 2. The molecule has 0 bridgehead atoms. The Morgan fingerprint density at radius 1 is 0.545 bits per heavy atom. The van der Waals surface area contributed by atoms with Crippen molar-refractivity contribution in [3.8, 4) is 22.9 Å². The average Bonchev–Trinajstić information content (AvgIpc) is 1.28. The van der Waals surface area contributed by atoms with Crippen molar-refractivity contribution in [2.75, 3.05) is 0 Å². The number of carboxylic acid groups (broad SMARTS) is 2. The third-order valence-corrected chi connectivity index (χ3v) is 33.8. The maximum Gasteiger partial charge on any atom is 0.310 e. The summed E-state index contributed by atoms with van der Waals surface area (Å²) >= 11 is 0. The Bertz CT molecular complexity index is 4510. The molecule has 0 amide bonds. The average molecular weight is 1520 g/mol. The first-order valence-corrected chi connectivity index (χ1v) is 41.2. The van der Waals surface area contributed by atoms with E-state index in [1.807, 2.05) is 0 Å². The zero-order valence-corrected chi connectivity index (χ0v) is 68.7. The highest BCUT2D eigenvalue weighted by atomic mass is 19.1. The van der Waals surface area contributed by atoms with Crippen molar-refractivity contribution in [3.63, 3.8) is 0 Å². The van der Waals surface area contributed by atoms with Gasteiger partial charge in [0, 0.05) is 54.2 Å². The Kier molecular flexibility index (Phi) is 19.3. The number of benzene rings is 1. The molecule has 598 valence electrons. The van der Waals surface area contributed by atoms with E-state index in [9.17, 15) is 53.6 Å². The number of hydrogen-bond donors (Lipinski definition) is 4. The summed E-state index contributed by atoms with van der Waals surface area (Å²) in [6.45, 7) is 36.5. The minimum Gasteiger partial charge on any atom is -0.481 e. The number of aliphatic hydroxyl groups is 2. The summed E-state index contributed by atoms with van der Waals surface area (Å²) in [7, 11) is 3.54. The number of hydrogen-bond acceptors (Lipinski definition) is 15. The van der Waals surface area contributed by atoms with Gasteiger partial charge in [-0.25, -0.2) is 13.8 Å². The molecule has 0 saturated heterocycles. The van der Waals surface area contributed by atoms with Crippen LogP contribution in [0.15, 0.2) is 58.8 Å². The fourth-order valence-corrected chi connectivity index (χ4v) is 27.7. The predicted octanol–water partition coefficient (Wildman–Crippen LogP) is 17.0. The standard InChI is InChI=1S/C89H121F2N7O12/c1-47(2)66-56(99)42-88(38-36-84(14)52(68(66)88)22-26-60-82(12)32-30-62(109-64(101)44-78(5,6)76(105)106)79(7,8)58(82)28-34-86(60,84)16)70(103)74-95-93-72(97(74)18)49-20-24-54(91)50(40-49)41-81(11,77(107)108)45-65(102)110-63-31-33-83(13)59(80(63,9)10)29-35-87(17)61(83)27-23-53-69-67(48(3)4)57(100)43-89(69,39-37-85(53,87)15)71(104)75-96-94-73(98(75)19)55-25-21-51(90)46-92-55/h20-21,24-25,40,46-48,52-53,58-63,70-71,103-104H,22-23,26-39,41-45H2,1-19H3,(H,105,106)(H,107,108)/t52-,53-,58+,59+,60-,61-,62+,63+,70?,71+,81?,82+,83+,84-,85-,86-,87-,88-,89-/m1/s1. The van der Waals surface area contributed by atoms with Crippen LogP contribution in [-0.4, -0.2) is 103 Å². The maximum absolute atomic E-state index is 16.5. The molecule has 19 nitrogen and oxygen atoms in total. The van der Waals surface area contributed by atoms with Crippen LogP contribution in [0.3, 0.4) is 0 Å². The number of halogens is 2. The van der Waals surface area contributed by atoms with Crippen LogP contribution in [0.4, 0.5) is 8.78 Å². The molecule has 14 rings (SSSR count). The van der Waals surface area contributed by atoms with Crippen LogP contribution in [0.5, 0.6) is 0 Å². The van der Waals surface area contributed by atoms with E-state index in [0.717, 1.165) is 106 Å². The molecule has 21 heteroatoms. The highest BCUT2D eigenvalue weighted by molar-refractivity contribution is 6.01. The number of ketones is 2. The minimum absolute atomic E-state index is 0.00576. The molecule has 3 heterocycles. The molecule has 3 aromatic heterocycles. The molecule has 2 unspecified atom stereocenters. The van der Waals surface area contributed by atoms with Gasteiger partial charge < -0.3 is 39.0 Å². The summed E-state index contributed by atoms with van der Waals surface area (Å²) in [5.41, 5.74) is -2.11. The number of rotatable bonds is 18. The van der Waals surface area contributed by atoms with Gasteiger partial charge in [-0.2, -0.15) is 0 Å². The Morgan fingerprint density at radius 3 is 1.44 bits per heavy atom. The first-order valence-electron chi connectivity index (χ1n) is 41.2. The van der Waals surface area contributed by atoms with E-state index < -0.39 is 87.3 Å². The number of Topliss-reactive ketones (excluding diaryl/α,β-unsaturated/α-hetero) is 2. The van der Waals surface area contributed by atoms with E-state index in [2.05, 4.69) is 117 Å². The summed E-state index contributed by atoms with van der Waals surface area (Å²) in [5, 5.41) is 65.4. The van der Waals surface area contributed by atoms with Crippen molar-refractivity contribution in [3.05, 3.63) is 87.7 Å². The van der Waals surface area contributed by atoms with Crippen LogP contribution >= 0.6 is 0 Å². The zero-order valence-electron chi connectivity index (χ0n) is 68.7. The Morgan fingerprint density at radius 2 is 1.00 bits per heavy atom. The van der Waals surface area contributed by atoms with Crippen molar-refractivity contribution in [2.45, 2.75) is 277 Å². The number of carboxylic acids is 2. The second-order valence-corrected chi connectivity index (χ2v) is 40.8. The molecule has 10 aliphatic carbocycles. The summed E-state index contributed by atoms with van der Waals surface area (Å²) in [4.78, 5) is 87.3. The lowest BCUT2D eigenvalue weighted by Gasteiger charge is -2.72. The predicted molar refractivity (Wildman–Crippen MR) is 409 cm³/mol. The summed E-state index contributed by atoms with van der Waals surface area (Å²) in [5.74, 6) is -2.30. The van der Waals surface area contributed by atoms with E-state index in [1.165, 1.54) is 19.1 Å². The summed E-state index contributed by atoms with van der Waals surface area (Å²) in [6, 6.07) is 7.26. The van der Waals surface area contributed by atoms with Crippen LogP contribution in [-0.2, 0) is 58.8 Å². The van der Waals surface area contributed by atoms with Gasteiger partial charge in [0.1, 0.15) is 41.7 Å². The number of esters is 2. The summed E-state index contributed by atoms with van der Waals surface area (Å²) < 4.78 is 46.7. The summed E-state index contributed by atoms with van der Waals surface area (Å²) in [6.07, 6.45) is 9.92. The molecular formula is C89H121F2N7O12. The fourth-order valence-electron chi connectivity index (χ4n) is 27.7. The van der Waals surface area contributed by atoms with Gasteiger partial charge in [0.2, 0.25) is 0 Å². The number of aliphatic carboxylic acids is 2. The lowest BCUT2D eigenvalue weighted by atomic mass is 9.33. The molecule has 1 aromatic carbocycles. The second-order valence-electron chi connectivity index (χ2n) is 40.8. The number of carbonyl (C=O) groups is 6. The van der Waals surface area contributed by atoms with Gasteiger partial charge >= 0.3 is 23.9 Å². The van der Waals surface area contributed by atoms with Gasteiger partial charge in [-0.05, 0) is 268 Å². The maximum atomic E-state index is 16.5. The van der Waals surface area contributed by atoms with Crippen LogP contribution < -0.4 is 0 Å². The number of allylic oxidation sites excluding steroid dienone is 2. The Hall–Kier alpha value is -6.87. The normalized spacial score (nSPS) is 36.7. The fraction of sp³-hybridized carbons (Fsp3) is 0.719. The van der Waals surface area contributed by atoms with Crippen LogP contribution in [0.2, 0.25) is 0 Å². The molecule has 0 aliphatic heterocycles. The molecule has 8 fully saturated rings. The number of carbonyl (C=O) groups excluding carboxylic acids is 4. The molecule has 8 saturated carbocycles. The molecule has 19 atom stereocenters. The molecule has 4 aromatic rings. The second kappa shape index (κ2) is 26.6. The third kappa shape index (κ3) is 11.5. The molecule has 10 aliphatic rings. The Labute approximate surface area is 648 Å². The largest absolute Gasteiger partial charge is 0.481 e. The molecule has 110 heavy (non-hydrogen) atoms. The third-order valence-electron chi connectivity index (χ3n) is 33.8. The van der Waals surface area contributed by atoms with Crippen LogP contribution in [0, 0.1) is 124 Å². The number of pyridine rings is 1. The zero-order chi connectivity index (χ0) is 80.1. The molecule has 0 spiro atoms. The van der Waals surface area contributed by atoms with Gasteiger partial charge in [-0.3, -0.25) is 28.8 Å². The smallest absolute Gasteiger partial charge is 0.310 e. The van der Waals surface area contributed by atoms with E-state index in [1.54, 1.807) is 55.3 Å². The number of nitrogens with zero attached hydrogens (tertiary/aromatic N) is 7. The molecular weight excluding hydrogens is 1400 g/mol. The molecule has 0 radical (unpaired) electrons. The first kappa shape index (κ1) is 79.8. The topological polar surface area (TPSA) is 276 Å².